The molecule has 2 unspecified atom stereocenters. The molecule has 0 saturated carbocycles. The van der Waals surface area contributed by atoms with Gasteiger partial charge in [-0.2, -0.15) is 0 Å². The van der Waals surface area contributed by atoms with Crippen molar-refractivity contribution in [1.82, 2.24) is 5.32 Å². The Hall–Kier alpha value is -1.92. The van der Waals surface area contributed by atoms with Gasteiger partial charge in [-0.25, -0.2) is 0 Å². The van der Waals surface area contributed by atoms with E-state index < -0.39 is 12.1 Å². The van der Waals surface area contributed by atoms with Crippen LogP contribution in [0.15, 0.2) is 36.5 Å². The van der Waals surface area contributed by atoms with Crippen LogP contribution in [0.2, 0.25) is 0 Å². The molecule has 388 valence electrons. The molecule has 0 heterocycles. The van der Waals surface area contributed by atoms with E-state index in [9.17, 15) is 19.8 Å². The lowest BCUT2D eigenvalue weighted by atomic mass is 10.0. The second-order valence-corrected chi connectivity index (χ2v) is 20.0. The lowest BCUT2D eigenvalue weighted by molar-refractivity contribution is -0.143. The SMILES string of the molecule is CCCC/C=C\CCCCCCCC(=O)OCCCCCCCCCC/C=C\CCCCCCCCCC(=O)NC(CO)C(O)/C=C/CCCCCCCCCCCCCCCCCCC. The van der Waals surface area contributed by atoms with Crippen LogP contribution in [0.5, 0.6) is 0 Å². The third-order valence-electron chi connectivity index (χ3n) is 13.4. The van der Waals surface area contributed by atoms with Gasteiger partial charge in [0.1, 0.15) is 0 Å². The van der Waals surface area contributed by atoms with E-state index in [-0.39, 0.29) is 18.5 Å². The number of rotatable bonds is 54. The van der Waals surface area contributed by atoms with Gasteiger partial charge in [0.25, 0.3) is 0 Å². The molecular weight excluding hydrogens is 815 g/mol. The van der Waals surface area contributed by atoms with E-state index >= 15 is 0 Å². The van der Waals surface area contributed by atoms with Gasteiger partial charge in [-0.1, -0.05) is 256 Å². The maximum atomic E-state index is 12.5. The maximum Gasteiger partial charge on any atom is 0.305 e. The molecular formula is C60H113NO5. The van der Waals surface area contributed by atoms with E-state index in [4.69, 9.17) is 4.74 Å². The first-order valence-corrected chi connectivity index (χ1v) is 29.3. The second kappa shape index (κ2) is 55.7. The molecule has 0 spiro atoms. The largest absolute Gasteiger partial charge is 0.466 e. The van der Waals surface area contributed by atoms with Crippen LogP contribution in [0, 0.1) is 0 Å². The van der Waals surface area contributed by atoms with E-state index in [2.05, 4.69) is 43.5 Å². The molecule has 66 heavy (non-hydrogen) atoms. The van der Waals surface area contributed by atoms with Crippen molar-refractivity contribution in [3.63, 3.8) is 0 Å². The first-order chi connectivity index (χ1) is 32.5. The summed E-state index contributed by atoms with van der Waals surface area (Å²) in [6, 6.07) is -0.636. The van der Waals surface area contributed by atoms with Crippen molar-refractivity contribution in [1.29, 1.82) is 0 Å². The number of nitrogens with one attached hydrogen (secondary N) is 1. The topological polar surface area (TPSA) is 95.9 Å². The summed E-state index contributed by atoms with van der Waals surface area (Å²) in [7, 11) is 0. The molecule has 0 aliphatic heterocycles. The molecule has 6 nitrogen and oxygen atoms in total. The second-order valence-electron chi connectivity index (χ2n) is 20.0. The summed E-state index contributed by atoms with van der Waals surface area (Å²) in [6.45, 7) is 4.86. The highest BCUT2D eigenvalue weighted by molar-refractivity contribution is 5.76. The van der Waals surface area contributed by atoms with Crippen molar-refractivity contribution in [3.05, 3.63) is 36.5 Å². The van der Waals surface area contributed by atoms with Gasteiger partial charge < -0.3 is 20.3 Å². The molecule has 0 fully saturated rings. The van der Waals surface area contributed by atoms with Gasteiger partial charge >= 0.3 is 5.97 Å². The van der Waals surface area contributed by atoms with Gasteiger partial charge in [-0.15, -0.1) is 0 Å². The molecule has 0 aromatic heterocycles. The standard InChI is InChI=1S/C60H113NO5/c1-3-5-7-9-11-13-15-16-17-18-20-23-26-29-33-36-40-44-48-52-58(63)57(56-62)61-59(64)53-49-45-41-37-34-30-27-24-21-19-22-25-28-31-35-39-43-47-51-55-66-60(65)54-50-46-42-38-32-14-12-10-8-6-4-2/h10,12,19,21,48,52,57-58,62-63H,3-9,11,13-18,20,22-47,49-51,53-56H2,1-2H3,(H,61,64)/b12-10-,21-19-,52-48+. The zero-order valence-corrected chi connectivity index (χ0v) is 44.2. The fraction of sp³-hybridized carbons (Fsp3) is 0.867. The van der Waals surface area contributed by atoms with Crippen LogP contribution in [-0.2, 0) is 14.3 Å². The van der Waals surface area contributed by atoms with Crippen LogP contribution in [-0.4, -0.2) is 47.4 Å². The lowest BCUT2D eigenvalue weighted by Crippen LogP contribution is -2.45. The number of ether oxygens (including phenoxy) is 1. The Morgan fingerprint density at radius 2 is 0.727 bits per heavy atom. The number of aliphatic hydroxyl groups is 2. The monoisotopic (exact) mass is 928 g/mol. The molecule has 0 saturated heterocycles. The van der Waals surface area contributed by atoms with E-state index in [1.807, 2.05) is 6.08 Å². The van der Waals surface area contributed by atoms with Crippen molar-refractivity contribution >= 4 is 11.9 Å². The summed E-state index contributed by atoms with van der Waals surface area (Å²) < 4.78 is 5.45. The molecule has 0 radical (unpaired) electrons. The number of hydrogen-bond donors (Lipinski definition) is 3. The third-order valence-corrected chi connectivity index (χ3v) is 13.4. The minimum atomic E-state index is -0.851. The maximum absolute atomic E-state index is 12.5. The van der Waals surface area contributed by atoms with Crippen molar-refractivity contribution in [2.75, 3.05) is 13.2 Å². The number of hydrogen-bond acceptors (Lipinski definition) is 5. The van der Waals surface area contributed by atoms with Gasteiger partial charge in [0.05, 0.1) is 25.4 Å². The van der Waals surface area contributed by atoms with Crippen LogP contribution < -0.4 is 5.32 Å². The molecule has 0 bridgehead atoms. The quantitative estimate of drug-likeness (QED) is 0.0321. The molecule has 0 aliphatic carbocycles. The zero-order chi connectivity index (χ0) is 47.9. The van der Waals surface area contributed by atoms with Crippen LogP contribution in [0.3, 0.4) is 0 Å². The molecule has 0 aliphatic rings. The normalized spacial score (nSPS) is 12.8. The summed E-state index contributed by atoms with van der Waals surface area (Å²) in [5.74, 6) is -0.0843. The molecule has 1 amide bonds. The Bertz CT molecular complexity index is 1070. The summed E-state index contributed by atoms with van der Waals surface area (Å²) >= 11 is 0. The number of esters is 1. The van der Waals surface area contributed by atoms with Crippen LogP contribution in [0.25, 0.3) is 0 Å². The number of carbonyl (C=O) groups is 2. The molecule has 0 aromatic carbocycles. The number of unbranched alkanes of at least 4 members (excludes halogenated alkanes) is 39. The molecule has 0 aromatic rings. The zero-order valence-electron chi connectivity index (χ0n) is 44.2. The van der Waals surface area contributed by atoms with Gasteiger partial charge in [0.15, 0.2) is 0 Å². The Kier molecular flexibility index (Phi) is 54.1. The third kappa shape index (κ3) is 51.5. The highest BCUT2D eigenvalue weighted by atomic mass is 16.5. The molecule has 3 N–H and O–H groups in total. The fourth-order valence-electron chi connectivity index (χ4n) is 8.84. The summed E-state index contributed by atoms with van der Waals surface area (Å²) in [5.41, 5.74) is 0. The minimum Gasteiger partial charge on any atom is -0.466 e. The van der Waals surface area contributed by atoms with E-state index in [0.29, 0.717) is 19.4 Å². The summed E-state index contributed by atoms with van der Waals surface area (Å²) in [4.78, 5) is 24.5. The van der Waals surface area contributed by atoms with Crippen molar-refractivity contribution in [2.24, 2.45) is 0 Å². The molecule has 0 rings (SSSR count). The van der Waals surface area contributed by atoms with Gasteiger partial charge in [-0.3, -0.25) is 9.59 Å². The number of amides is 1. The predicted molar refractivity (Wildman–Crippen MR) is 287 cm³/mol. The van der Waals surface area contributed by atoms with Crippen molar-refractivity contribution < 1.29 is 24.5 Å². The lowest BCUT2D eigenvalue weighted by Gasteiger charge is -2.20. The van der Waals surface area contributed by atoms with E-state index in [1.165, 1.54) is 231 Å². The Morgan fingerprint density at radius 1 is 0.409 bits per heavy atom. The Labute approximate surface area is 411 Å². The minimum absolute atomic E-state index is 0.00807. The average Bonchev–Trinajstić information content (AvgIpc) is 3.32. The van der Waals surface area contributed by atoms with Gasteiger partial charge in [0, 0.05) is 12.8 Å². The molecule has 6 heteroatoms. The summed E-state index contributed by atoms with van der Waals surface area (Å²) in [6.07, 6.45) is 68.8. The fourth-order valence-corrected chi connectivity index (χ4v) is 8.84. The number of carbonyl (C=O) groups excluding carboxylic acids is 2. The van der Waals surface area contributed by atoms with E-state index in [0.717, 1.165) is 51.4 Å². The van der Waals surface area contributed by atoms with E-state index in [1.54, 1.807) is 6.08 Å². The highest BCUT2D eigenvalue weighted by Crippen LogP contribution is 2.16. The van der Waals surface area contributed by atoms with Crippen LogP contribution in [0.4, 0.5) is 0 Å². The first kappa shape index (κ1) is 64.1. The van der Waals surface area contributed by atoms with Crippen LogP contribution >= 0.6 is 0 Å². The van der Waals surface area contributed by atoms with Crippen molar-refractivity contribution in [2.45, 2.75) is 321 Å². The summed E-state index contributed by atoms with van der Waals surface area (Å²) in [5, 5.41) is 23.2. The molecule has 2 atom stereocenters. The first-order valence-electron chi connectivity index (χ1n) is 29.3. The number of allylic oxidation sites excluding steroid dienone is 5. The van der Waals surface area contributed by atoms with Crippen molar-refractivity contribution in [3.8, 4) is 0 Å². The predicted octanol–water partition coefficient (Wildman–Crippen LogP) is 18.0. The van der Waals surface area contributed by atoms with Crippen LogP contribution in [0.1, 0.15) is 309 Å². The highest BCUT2D eigenvalue weighted by Gasteiger charge is 2.18. The Balaban J connectivity index is 3.49. The number of aliphatic hydroxyl groups excluding tert-OH is 2. The average molecular weight is 929 g/mol. The Morgan fingerprint density at radius 3 is 1.12 bits per heavy atom. The smallest absolute Gasteiger partial charge is 0.305 e. The van der Waals surface area contributed by atoms with Gasteiger partial charge in [0.2, 0.25) is 5.91 Å². The van der Waals surface area contributed by atoms with Gasteiger partial charge in [-0.05, 0) is 77.0 Å².